The fourth-order valence-electron chi connectivity index (χ4n) is 1.32. The van der Waals surface area contributed by atoms with Gasteiger partial charge in [0, 0.05) is 11.6 Å². The van der Waals surface area contributed by atoms with Crippen LogP contribution in [-0.4, -0.2) is 25.3 Å². The molecule has 1 aliphatic carbocycles. The van der Waals surface area contributed by atoms with Crippen LogP contribution in [0.2, 0.25) is 0 Å². The van der Waals surface area contributed by atoms with E-state index >= 15 is 0 Å². The van der Waals surface area contributed by atoms with Crippen LogP contribution in [0.15, 0.2) is 34.4 Å². The lowest BCUT2D eigenvalue weighted by molar-refractivity contribution is -0.187. The second-order valence-electron chi connectivity index (χ2n) is 3.44. The molecule has 1 atom stereocenters. The number of carbonyl (C=O) groups is 1. The van der Waals surface area contributed by atoms with Gasteiger partial charge in [-0.1, -0.05) is 28.1 Å². The Morgan fingerprint density at radius 3 is 2.81 bits per heavy atom. The summed E-state index contributed by atoms with van der Waals surface area (Å²) in [5, 5.41) is 0. The Morgan fingerprint density at radius 1 is 1.56 bits per heavy atom. The smallest absolute Gasteiger partial charge is 0.254 e. The number of hydrogen-bond donors (Lipinski definition) is 0. The lowest BCUT2D eigenvalue weighted by Gasteiger charge is -2.29. The van der Waals surface area contributed by atoms with Crippen LogP contribution < -0.4 is 0 Å². The van der Waals surface area contributed by atoms with Crippen LogP contribution in [0.3, 0.4) is 0 Å². The van der Waals surface area contributed by atoms with E-state index < -0.39 is 5.79 Å². The predicted molar refractivity (Wildman–Crippen MR) is 66.3 cm³/mol. The zero-order valence-electron chi connectivity index (χ0n) is 9.62. The first kappa shape index (κ1) is 13.4. The largest absolute Gasteiger partial charge is 0.343 e. The second-order valence-corrected chi connectivity index (χ2v) is 4.29. The number of ether oxygens (including phenoxy) is 2. The van der Waals surface area contributed by atoms with Crippen LogP contribution in [0, 0.1) is 0 Å². The number of halogens is 1. The minimum absolute atomic E-state index is 0.194. The number of rotatable bonds is 4. The molecule has 0 aromatic rings. The molecule has 0 saturated heterocycles. The predicted octanol–water partition coefficient (Wildman–Crippen LogP) is 2.73. The number of allylic oxidation sites excluding steroid dienone is 3. The molecule has 1 unspecified atom stereocenters. The van der Waals surface area contributed by atoms with Crippen LogP contribution >= 0.6 is 15.9 Å². The van der Waals surface area contributed by atoms with Crippen LogP contribution in [0.5, 0.6) is 0 Å². The van der Waals surface area contributed by atoms with Gasteiger partial charge in [0.25, 0.3) is 5.79 Å². The van der Waals surface area contributed by atoms with E-state index in [2.05, 4.69) is 15.9 Å². The standard InChI is InChI=1S/C12H15BrO3/c1-4-5-6-16-12(15-3)8-10(13)9(2)7-11(12)14/h4-5,7-8H,6H2,1-3H3/b5-4+. The van der Waals surface area contributed by atoms with Crippen molar-refractivity contribution in [1.29, 1.82) is 0 Å². The molecule has 0 fully saturated rings. The van der Waals surface area contributed by atoms with Gasteiger partial charge in [0.2, 0.25) is 5.78 Å². The van der Waals surface area contributed by atoms with E-state index in [9.17, 15) is 4.79 Å². The molecule has 1 aliphatic rings. The minimum atomic E-state index is -1.29. The first-order valence-corrected chi connectivity index (χ1v) is 5.76. The number of carbonyl (C=O) groups excluding carboxylic acids is 1. The average Bonchev–Trinajstić information content (AvgIpc) is 2.26. The first-order valence-electron chi connectivity index (χ1n) is 4.97. The van der Waals surface area contributed by atoms with Gasteiger partial charge in [0.1, 0.15) is 0 Å². The van der Waals surface area contributed by atoms with Gasteiger partial charge in [0.15, 0.2) is 0 Å². The van der Waals surface area contributed by atoms with E-state index in [-0.39, 0.29) is 5.78 Å². The van der Waals surface area contributed by atoms with Crippen molar-refractivity contribution >= 4 is 21.7 Å². The molecule has 0 saturated carbocycles. The highest BCUT2D eigenvalue weighted by Crippen LogP contribution is 2.30. The summed E-state index contributed by atoms with van der Waals surface area (Å²) >= 11 is 3.37. The van der Waals surface area contributed by atoms with Crippen LogP contribution in [0.1, 0.15) is 13.8 Å². The van der Waals surface area contributed by atoms with Gasteiger partial charge in [-0.05, 0) is 31.6 Å². The zero-order valence-corrected chi connectivity index (χ0v) is 11.2. The molecule has 88 valence electrons. The maximum Gasteiger partial charge on any atom is 0.254 e. The Bertz CT molecular complexity index is 368. The summed E-state index contributed by atoms with van der Waals surface area (Å²) < 4.78 is 11.5. The van der Waals surface area contributed by atoms with E-state index in [1.165, 1.54) is 13.2 Å². The number of hydrogen-bond acceptors (Lipinski definition) is 3. The van der Waals surface area contributed by atoms with Gasteiger partial charge >= 0.3 is 0 Å². The van der Waals surface area contributed by atoms with Gasteiger partial charge in [0.05, 0.1) is 6.61 Å². The summed E-state index contributed by atoms with van der Waals surface area (Å²) in [6.07, 6.45) is 6.84. The van der Waals surface area contributed by atoms with E-state index in [1.807, 2.05) is 26.0 Å². The molecule has 0 aromatic carbocycles. The van der Waals surface area contributed by atoms with Crippen molar-refractivity contribution in [3.8, 4) is 0 Å². The Labute approximate surface area is 104 Å². The monoisotopic (exact) mass is 286 g/mol. The summed E-state index contributed by atoms with van der Waals surface area (Å²) in [4.78, 5) is 11.9. The van der Waals surface area contributed by atoms with Crippen molar-refractivity contribution in [3.05, 3.63) is 34.4 Å². The van der Waals surface area contributed by atoms with E-state index in [1.54, 1.807) is 6.08 Å². The maximum atomic E-state index is 11.9. The minimum Gasteiger partial charge on any atom is -0.343 e. The van der Waals surface area contributed by atoms with Crippen molar-refractivity contribution in [2.75, 3.05) is 13.7 Å². The number of ketones is 1. The quantitative estimate of drug-likeness (QED) is 0.589. The van der Waals surface area contributed by atoms with Gasteiger partial charge < -0.3 is 9.47 Å². The molecular weight excluding hydrogens is 272 g/mol. The van der Waals surface area contributed by atoms with Crippen LogP contribution in [0.25, 0.3) is 0 Å². The van der Waals surface area contributed by atoms with E-state index in [0.717, 1.165) is 10.1 Å². The molecule has 3 nitrogen and oxygen atoms in total. The molecule has 4 heteroatoms. The van der Waals surface area contributed by atoms with E-state index in [4.69, 9.17) is 9.47 Å². The average molecular weight is 287 g/mol. The topological polar surface area (TPSA) is 35.5 Å². The highest BCUT2D eigenvalue weighted by atomic mass is 79.9. The molecular formula is C12H15BrO3. The van der Waals surface area contributed by atoms with Crippen molar-refractivity contribution < 1.29 is 14.3 Å². The van der Waals surface area contributed by atoms with Gasteiger partial charge in [-0.2, -0.15) is 0 Å². The molecule has 0 radical (unpaired) electrons. The molecule has 16 heavy (non-hydrogen) atoms. The SMILES string of the molecule is C/C=C/COC1(OC)C=C(Br)C(C)=CC1=O. The van der Waals surface area contributed by atoms with Gasteiger partial charge in [-0.25, -0.2) is 0 Å². The van der Waals surface area contributed by atoms with Crippen molar-refractivity contribution in [2.24, 2.45) is 0 Å². The Morgan fingerprint density at radius 2 is 2.25 bits per heavy atom. The van der Waals surface area contributed by atoms with Crippen molar-refractivity contribution in [3.63, 3.8) is 0 Å². The Balaban J connectivity index is 2.92. The fraction of sp³-hybridized carbons (Fsp3) is 0.417. The molecule has 0 N–H and O–H groups in total. The van der Waals surface area contributed by atoms with E-state index in [0.29, 0.717) is 6.61 Å². The molecule has 0 amide bonds. The second kappa shape index (κ2) is 5.57. The normalized spacial score (nSPS) is 25.9. The van der Waals surface area contributed by atoms with Gasteiger partial charge in [-0.15, -0.1) is 0 Å². The molecule has 0 aliphatic heterocycles. The molecule has 1 rings (SSSR count). The van der Waals surface area contributed by atoms with Crippen molar-refractivity contribution in [1.82, 2.24) is 0 Å². The Kier molecular flexibility index (Phi) is 4.65. The summed E-state index contributed by atoms with van der Waals surface area (Å²) in [7, 11) is 1.46. The lowest BCUT2D eigenvalue weighted by Crippen LogP contribution is -2.42. The zero-order chi connectivity index (χ0) is 12.2. The molecule has 0 bridgehead atoms. The lowest BCUT2D eigenvalue weighted by atomic mass is 10.0. The summed E-state index contributed by atoms with van der Waals surface area (Å²) in [6, 6.07) is 0. The summed E-state index contributed by atoms with van der Waals surface area (Å²) in [5.41, 5.74) is 0.868. The fourth-order valence-corrected chi connectivity index (χ4v) is 1.73. The third-order valence-corrected chi connectivity index (χ3v) is 3.17. The number of methoxy groups -OCH3 is 1. The summed E-state index contributed by atoms with van der Waals surface area (Å²) in [6.45, 7) is 4.07. The van der Waals surface area contributed by atoms with Crippen LogP contribution in [-0.2, 0) is 14.3 Å². The third kappa shape index (κ3) is 2.70. The Hall–Kier alpha value is -0.710. The van der Waals surface area contributed by atoms with Crippen LogP contribution in [0.4, 0.5) is 0 Å². The molecule has 0 aromatic heterocycles. The van der Waals surface area contributed by atoms with Gasteiger partial charge in [-0.3, -0.25) is 4.79 Å². The molecule has 0 heterocycles. The maximum absolute atomic E-state index is 11.9. The van der Waals surface area contributed by atoms with Crippen molar-refractivity contribution in [2.45, 2.75) is 19.6 Å². The highest BCUT2D eigenvalue weighted by molar-refractivity contribution is 9.12. The first-order chi connectivity index (χ1) is 7.55. The highest BCUT2D eigenvalue weighted by Gasteiger charge is 2.39. The third-order valence-electron chi connectivity index (χ3n) is 2.32. The molecule has 0 spiro atoms. The summed E-state index contributed by atoms with van der Waals surface area (Å²) in [5.74, 6) is -1.49.